The summed E-state index contributed by atoms with van der Waals surface area (Å²) in [5, 5.41) is 2.91. The van der Waals surface area contributed by atoms with Gasteiger partial charge in [-0.1, -0.05) is 5.92 Å². The van der Waals surface area contributed by atoms with Gasteiger partial charge >= 0.3 is 0 Å². The smallest absolute Gasteiger partial charge is 0.259 e. The number of methoxy groups -OCH3 is 2. The number of terminal acetylenes is 1. The molecule has 1 aliphatic heterocycles. The number of hydrogen-bond donors (Lipinski definition) is 0. The fraction of sp³-hybridized carbons (Fsp3) is 0.280. The van der Waals surface area contributed by atoms with Crippen LogP contribution in [0, 0.1) is 12.3 Å². The maximum absolute atomic E-state index is 13.8. The lowest BCUT2D eigenvalue weighted by atomic mass is 10.0. The van der Waals surface area contributed by atoms with Crippen molar-refractivity contribution in [2.24, 2.45) is 0 Å². The van der Waals surface area contributed by atoms with Gasteiger partial charge in [-0.15, -0.1) is 6.42 Å². The van der Waals surface area contributed by atoms with Gasteiger partial charge in [0, 0.05) is 41.5 Å². The Hall–Kier alpha value is -3.96. The lowest BCUT2D eigenvalue weighted by Crippen LogP contribution is -2.29. The highest BCUT2D eigenvalue weighted by Gasteiger charge is 2.21. The molecule has 0 amide bonds. The zero-order valence-corrected chi connectivity index (χ0v) is 18.7. The number of pyridine rings is 2. The molecule has 2 aromatic carbocycles. The van der Waals surface area contributed by atoms with Crippen LogP contribution in [0.4, 0.5) is 0 Å². The molecule has 4 aromatic rings. The summed E-state index contributed by atoms with van der Waals surface area (Å²) in [7, 11) is 5.05. The van der Waals surface area contributed by atoms with E-state index in [0.717, 1.165) is 27.2 Å². The van der Waals surface area contributed by atoms with Crippen LogP contribution in [-0.2, 0) is 6.54 Å². The third-order valence-electron chi connectivity index (χ3n) is 5.96. The molecule has 8 nitrogen and oxygen atoms in total. The van der Waals surface area contributed by atoms with Gasteiger partial charge in [0.1, 0.15) is 0 Å². The quantitative estimate of drug-likeness (QED) is 0.334. The van der Waals surface area contributed by atoms with Crippen LogP contribution >= 0.6 is 0 Å². The van der Waals surface area contributed by atoms with Gasteiger partial charge in [-0.3, -0.25) is 14.7 Å². The maximum atomic E-state index is 13.8. The SMILES string of the molecule is C#CCN(C)CCn1c(=O)c2cc(OC)c(OC)cc2c2cnc3cc4c(cc3c21)OCO4. The minimum atomic E-state index is -0.127. The number of likely N-dealkylation sites (N-methyl/N-ethyl adjacent to an activating group) is 1. The molecule has 3 heterocycles. The van der Waals surface area contributed by atoms with E-state index >= 15 is 0 Å². The van der Waals surface area contributed by atoms with E-state index < -0.39 is 0 Å². The first-order valence-electron chi connectivity index (χ1n) is 10.5. The first kappa shape index (κ1) is 20.9. The Morgan fingerprint density at radius 1 is 1.06 bits per heavy atom. The third-order valence-corrected chi connectivity index (χ3v) is 5.96. The molecule has 0 fully saturated rings. The van der Waals surface area contributed by atoms with Gasteiger partial charge in [0.2, 0.25) is 6.79 Å². The fourth-order valence-electron chi connectivity index (χ4n) is 4.30. The van der Waals surface area contributed by atoms with Gasteiger partial charge < -0.3 is 23.5 Å². The summed E-state index contributed by atoms with van der Waals surface area (Å²) in [6.07, 6.45) is 7.25. The first-order valence-corrected chi connectivity index (χ1v) is 10.5. The number of nitrogens with zero attached hydrogens (tertiary/aromatic N) is 3. The number of rotatable bonds is 6. The second-order valence-electron chi connectivity index (χ2n) is 7.89. The van der Waals surface area contributed by atoms with Crippen LogP contribution in [-0.4, -0.2) is 55.6 Å². The van der Waals surface area contributed by atoms with Crippen LogP contribution in [0.3, 0.4) is 0 Å². The fourth-order valence-corrected chi connectivity index (χ4v) is 4.30. The monoisotopic (exact) mass is 445 g/mol. The first-order chi connectivity index (χ1) is 16.0. The molecule has 0 saturated heterocycles. The van der Waals surface area contributed by atoms with Crippen molar-refractivity contribution in [1.82, 2.24) is 14.5 Å². The van der Waals surface area contributed by atoms with Gasteiger partial charge in [-0.25, -0.2) is 0 Å². The maximum Gasteiger partial charge on any atom is 0.259 e. The van der Waals surface area contributed by atoms with Crippen LogP contribution in [0.25, 0.3) is 32.6 Å². The number of fused-ring (bicyclic) bond motifs is 6. The Labute approximate surface area is 190 Å². The third kappa shape index (κ3) is 3.38. The number of aromatic nitrogens is 2. The van der Waals surface area contributed by atoms with Crippen molar-refractivity contribution >= 4 is 32.6 Å². The molecular weight excluding hydrogens is 422 g/mol. The lowest BCUT2D eigenvalue weighted by molar-refractivity contribution is 0.174. The van der Waals surface area contributed by atoms with Crippen molar-refractivity contribution < 1.29 is 18.9 Å². The van der Waals surface area contributed by atoms with Crippen molar-refractivity contribution in [3.8, 4) is 35.3 Å². The molecule has 2 aromatic heterocycles. The molecule has 5 rings (SSSR count). The summed E-state index contributed by atoms with van der Waals surface area (Å²) in [5.74, 6) is 4.95. The molecule has 8 heteroatoms. The molecule has 0 bridgehead atoms. The molecule has 0 N–H and O–H groups in total. The van der Waals surface area contributed by atoms with E-state index in [1.807, 2.05) is 30.1 Å². The van der Waals surface area contributed by atoms with Gasteiger partial charge in [-0.05, 0) is 25.2 Å². The highest BCUT2D eigenvalue weighted by molar-refractivity contribution is 6.15. The Morgan fingerprint density at radius 3 is 2.45 bits per heavy atom. The zero-order valence-electron chi connectivity index (χ0n) is 18.7. The van der Waals surface area contributed by atoms with Gasteiger partial charge in [0.15, 0.2) is 23.0 Å². The van der Waals surface area contributed by atoms with Crippen molar-refractivity contribution in [3.63, 3.8) is 0 Å². The highest BCUT2D eigenvalue weighted by atomic mass is 16.7. The molecule has 168 valence electrons. The molecule has 0 radical (unpaired) electrons. The second-order valence-corrected chi connectivity index (χ2v) is 7.89. The average Bonchev–Trinajstić information content (AvgIpc) is 3.29. The minimum Gasteiger partial charge on any atom is -0.493 e. The van der Waals surface area contributed by atoms with E-state index in [4.69, 9.17) is 25.4 Å². The molecule has 0 spiro atoms. The van der Waals surface area contributed by atoms with Crippen LogP contribution in [0.5, 0.6) is 23.0 Å². The van der Waals surface area contributed by atoms with Crippen molar-refractivity contribution in [2.45, 2.75) is 6.54 Å². The van der Waals surface area contributed by atoms with E-state index in [0.29, 0.717) is 48.0 Å². The number of ether oxygens (including phenoxy) is 4. The Balaban J connectivity index is 1.87. The Morgan fingerprint density at radius 2 is 1.76 bits per heavy atom. The predicted octanol–water partition coefficient (Wildman–Crippen LogP) is 3.01. The number of hydrogen-bond acceptors (Lipinski definition) is 7. The van der Waals surface area contributed by atoms with Gasteiger partial charge in [0.25, 0.3) is 5.56 Å². The van der Waals surface area contributed by atoms with Crippen LogP contribution in [0.1, 0.15) is 0 Å². The number of benzene rings is 2. The lowest BCUT2D eigenvalue weighted by Gasteiger charge is -2.19. The van der Waals surface area contributed by atoms with E-state index in [2.05, 4.69) is 10.9 Å². The average molecular weight is 445 g/mol. The van der Waals surface area contributed by atoms with E-state index in [1.54, 1.807) is 31.0 Å². The van der Waals surface area contributed by atoms with Gasteiger partial charge in [-0.2, -0.15) is 0 Å². The van der Waals surface area contributed by atoms with Crippen LogP contribution in [0.15, 0.2) is 35.3 Å². The molecule has 1 aliphatic rings. The summed E-state index contributed by atoms with van der Waals surface area (Å²) >= 11 is 0. The highest BCUT2D eigenvalue weighted by Crippen LogP contribution is 2.40. The Bertz CT molecular complexity index is 1500. The summed E-state index contributed by atoms with van der Waals surface area (Å²) in [6.45, 7) is 1.71. The summed E-state index contributed by atoms with van der Waals surface area (Å²) in [4.78, 5) is 20.5. The zero-order chi connectivity index (χ0) is 23.1. The van der Waals surface area contributed by atoms with E-state index in [1.165, 1.54) is 0 Å². The standard InChI is InChI=1S/C25H23N3O5/c1-5-6-27(2)7-8-28-24-17-11-22-23(33-14-32-22)12-19(17)26-13-18(24)15-9-20(30-3)21(31-4)10-16(15)25(28)29/h1,9-13H,6-8,14H2,2-4H3. The van der Waals surface area contributed by atoms with Crippen molar-refractivity contribution in [3.05, 3.63) is 40.8 Å². The molecule has 0 aliphatic carbocycles. The molecule has 33 heavy (non-hydrogen) atoms. The van der Waals surface area contributed by atoms with Crippen molar-refractivity contribution in [1.29, 1.82) is 0 Å². The minimum absolute atomic E-state index is 0.127. The largest absolute Gasteiger partial charge is 0.493 e. The summed E-state index contributed by atoms with van der Waals surface area (Å²) < 4.78 is 23.9. The summed E-state index contributed by atoms with van der Waals surface area (Å²) in [5.41, 5.74) is 1.37. The predicted molar refractivity (Wildman–Crippen MR) is 127 cm³/mol. The molecular formula is C25H23N3O5. The van der Waals surface area contributed by atoms with Gasteiger partial charge in [0.05, 0.1) is 37.2 Å². The van der Waals surface area contributed by atoms with Crippen LogP contribution < -0.4 is 24.5 Å². The normalized spacial score (nSPS) is 12.6. The van der Waals surface area contributed by atoms with Crippen LogP contribution in [0.2, 0.25) is 0 Å². The van der Waals surface area contributed by atoms with E-state index in [9.17, 15) is 4.79 Å². The topological polar surface area (TPSA) is 75.1 Å². The van der Waals surface area contributed by atoms with Crippen molar-refractivity contribution in [2.75, 3.05) is 41.1 Å². The molecule has 0 saturated carbocycles. The molecule has 0 unspecified atom stereocenters. The summed E-state index contributed by atoms with van der Waals surface area (Å²) in [6, 6.07) is 7.28. The Kier molecular flexibility index (Phi) is 5.19. The molecule has 0 atom stereocenters. The van der Waals surface area contributed by atoms with E-state index in [-0.39, 0.29) is 12.4 Å². The second kappa shape index (κ2) is 8.19.